The average Bonchev–Trinajstić information content (AvgIpc) is 2.58. The number of hydrogen-bond donors (Lipinski definition) is 1. The summed E-state index contributed by atoms with van der Waals surface area (Å²) in [6.45, 7) is 2.68. The van der Waals surface area contributed by atoms with Crippen molar-refractivity contribution in [2.75, 3.05) is 35.7 Å². The first-order chi connectivity index (χ1) is 11.9. The van der Waals surface area contributed by atoms with Crippen LogP contribution in [0, 0.1) is 5.92 Å². The van der Waals surface area contributed by atoms with Crippen LogP contribution in [0.2, 0.25) is 0 Å². The number of carbonyl (C=O) groups excluding carboxylic acids is 2. The Hall–Kier alpha value is -1.93. The van der Waals surface area contributed by atoms with Crippen molar-refractivity contribution in [2.45, 2.75) is 25.0 Å². The second-order valence-corrected chi connectivity index (χ2v) is 9.08. The van der Waals surface area contributed by atoms with Gasteiger partial charge in [0.25, 0.3) is 5.91 Å². The van der Waals surface area contributed by atoms with Gasteiger partial charge in [-0.3, -0.25) is 9.59 Å². The molecule has 0 aliphatic carbocycles. The predicted octanol–water partition coefficient (Wildman–Crippen LogP) is 1.20. The van der Waals surface area contributed by atoms with Crippen LogP contribution in [-0.2, 0) is 24.2 Å². The number of ether oxygens (including phenoxy) is 1. The molecule has 0 aromatic heterocycles. The fourth-order valence-corrected chi connectivity index (χ4v) is 4.74. The van der Waals surface area contributed by atoms with E-state index in [1.165, 1.54) is 0 Å². The minimum absolute atomic E-state index is 0.0502. The predicted molar refractivity (Wildman–Crippen MR) is 94.2 cm³/mol. The maximum absolute atomic E-state index is 12.5. The summed E-state index contributed by atoms with van der Waals surface area (Å²) in [6.07, 6.45) is 0.690. The van der Waals surface area contributed by atoms with Crippen LogP contribution in [-0.4, -0.2) is 51.0 Å². The Morgan fingerprint density at radius 1 is 1.36 bits per heavy atom. The van der Waals surface area contributed by atoms with Crippen LogP contribution >= 0.6 is 0 Å². The smallest absolute Gasteiger partial charge is 0.253 e. The summed E-state index contributed by atoms with van der Waals surface area (Å²) in [5.41, 5.74) is 1.31. The largest absolute Gasteiger partial charge is 0.370 e. The molecule has 7 nitrogen and oxygen atoms in total. The lowest BCUT2D eigenvalue weighted by atomic mass is 9.99. The fourth-order valence-electron chi connectivity index (χ4n) is 3.20. The van der Waals surface area contributed by atoms with E-state index in [1.807, 2.05) is 6.07 Å². The average molecular weight is 366 g/mol. The van der Waals surface area contributed by atoms with Crippen LogP contribution in [0.15, 0.2) is 24.3 Å². The molecule has 2 aliphatic heterocycles. The van der Waals surface area contributed by atoms with Gasteiger partial charge in [0.1, 0.15) is 6.61 Å². The van der Waals surface area contributed by atoms with E-state index >= 15 is 0 Å². The number of amides is 2. The molecule has 136 valence electrons. The maximum atomic E-state index is 12.5. The lowest BCUT2D eigenvalue weighted by Crippen LogP contribution is -2.41. The van der Waals surface area contributed by atoms with Crippen molar-refractivity contribution < 1.29 is 22.7 Å². The summed E-state index contributed by atoms with van der Waals surface area (Å²) in [5, 5.41) is 2.36. The number of anilines is 2. The van der Waals surface area contributed by atoms with E-state index in [4.69, 9.17) is 4.74 Å². The van der Waals surface area contributed by atoms with Gasteiger partial charge in [0.05, 0.1) is 17.6 Å². The summed E-state index contributed by atoms with van der Waals surface area (Å²) in [6, 6.07) is 7.11. The first-order valence-electron chi connectivity index (χ1n) is 8.37. The van der Waals surface area contributed by atoms with Gasteiger partial charge in [0, 0.05) is 23.8 Å². The van der Waals surface area contributed by atoms with Crippen LogP contribution in [0.25, 0.3) is 0 Å². The minimum atomic E-state index is -3.06. The second-order valence-electron chi connectivity index (χ2n) is 6.54. The quantitative estimate of drug-likeness (QED) is 0.868. The number of nitrogens with zero attached hydrogens (tertiary/aromatic N) is 1. The molecule has 3 rings (SSSR count). The number of carbonyl (C=O) groups is 2. The molecular weight excluding hydrogens is 344 g/mol. The zero-order chi connectivity index (χ0) is 18.0. The number of benzene rings is 1. The maximum Gasteiger partial charge on any atom is 0.253 e. The van der Waals surface area contributed by atoms with Crippen LogP contribution in [0.1, 0.15) is 19.8 Å². The van der Waals surface area contributed by atoms with Gasteiger partial charge in [0.2, 0.25) is 5.91 Å². The van der Waals surface area contributed by atoms with Crippen LogP contribution in [0.3, 0.4) is 0 Å². The van der Waals surface area contributed by atoms with Gasteiger partial charge in [-0.25, -0.2) is 8.42 Å². The van der Waals surface area contributed by atoms with E-state index < -0.39 is 15.1 Å². The van der Waals surface area contributed by atoms with E-state index in [-0.39, 0.29) is 30.1 Å². The molecule has 2 amide bonds. The highest BCUT2D eigenvalue weighted by atomic mass is 32.2. The molecule has 25 heavy (non-hydrogen) atoms. The van der Waals surface area contributed by atoms with Gasteiger partial charge >= 0.3 is 0 Å². The van der Waals surface area contributed by atoms with Crippen molar-refractivity contribution in [3.63, 3.8) is 0 Å². The Balaban J connectivity index is 1.68. The fraction of sp³-hybridized carbons (Fsp3) is 0.529. The topological polar surface area (TPSA) is 92.8 Å². The van der Waals surface area contributed by atoms with Gasteiger partial charge < -0.3 is 15.0 Å². The Kier molecular flexibility index (Phi) is 5.10. The highest BCUT2D eigenvalue weighted by molar-refractivity contribution is 7.92. The van der Waals surface area contributed by atoms with E-state index in [9.17, 15) is 18.0 Å². The zero-order valence-electron chi connectivity index (χ0n) is 14.1. The van der Waals surface area contributed by atoms with Crippen LogP contribution < -0.4 is 10.2 Å². The summed E-state index contributed by atoms with van der Waals surface area (Å²) >= 11 is 0. The van der Waals surface area contributed by atoms with Crippen molar-refractivity contribution in [2.24, 2.45) is 5.92 Å². The van der Waals surface area contributed by atoms with Crippen molar-refractivity contribution in [1.82, 2.24) is 0 Å². The molecule has 1 N–H and O–H groups in total. The number of rotatable bonds is 3. The summed E-state index contributed by atoms with van der Waals surface area (Å²) in [4.78, 5) is 26.0. The zero-order valence-corrected chi connectivity index (χ0v) is 14.9. The van der Waals surface area contributed by atoms with Crippen molar-refractivity contribution in [3.05, 3.63) is 24.3 Å². The third-order valence-corrected chi connectivity index (χ3v) is 6.99. The van der Waals surface area contributed by atoms with E-state index in [2.05, 4.69) is 5.32 Å². The lowest BCUT2D eigenvalue weighted by Gasteiger charge is -2.28. The third-order valence-electron chi connectivity index (χ3n) is 4.76. The number of nitrogens with one attached hydrogen (secondary N) is 1. The SMILES string of the molecule is CC1CC(C(=O)Nc2cccc(N3CCOCC3=O)c2)CCS1(=O)=O. The van der Waals surface area contributed by atoms with Crippen molar-refractivity contribution in [1.29, 1.82) is 0 Å². The number of morpholine rings is 1. The Morgan fingerprint density at radius 3 is 2.88 bits per heavy atom. The molecule has 2 aliphatic rings. The van der Waals surface area contributed by atoms with E-state index in [0.29, 0.717) is 37.4 Å². The molecule has 2 fully saturated rings. The molecule has 0 bridgehead atoms. The Labute approximate surface area is 147 Å². The second kappa shape index (κ2) is 7.13. The molecular formula is C17H22N2O5S. The van der Waals surface area contributed by atoms with Gasteiger partial charge in [-0.05, 0) is 38.0 Å². The molecule has 1 aromatic rings. The molecule has 2 saturated heterocycles. The lowest BCUT2D eigenvalue weighted by molar-refractivity contribution is -0.125. The van der Waals surface area contributed by atoms with Gasteiger partial charge in [-0.1, -0.05) is 6.07 Å². The monoisotopic (exact) mass is 366 g/mol. The highest BCUT2D eigenvalue weighted by Gasteiger charge is 2.34. The Morgan fingerprint density at radius 2 is 2.16 bits per heavy atom. The summed E-state index contributed by atoms with van der Waals surface area (Å²) < 4.78 is 28.7. The highest BCUT2D eigenvalue weighted by Crippen LogP contribution is 2.27. The first kappa shape index (κ1) is 17.9. The molecule has 0 radical (unpaired) electrons. The van der Waals surface area contributed by atoms with Gasteiger partial charge in [0.15, 0.2) is 9.84 Å². The minimum Gasteiger partial charge on any atom is -0.370 e. The standard InChI is InChI=1S/C17H22N2O5S/c1-12-9-13(5-8-25(12,22)23)17(21)18-14-3-2-4-15(10-14)19-6-7-24-11-16(19)20/h2-4,10,12-13H,5-9,11H2,1H3,(H,18,21). The van der Waals surface area contributed by atoms with Crippen molar-refractivity contribution >= 4 is 33.0 Å². The van der Waals surface area contributed by atoms with E-state index in [1.54, 1.807) is 30.0 Å². The number of hydrogen-bond acceptors (Lipinski definition) is 5. The molecule has 0 saturated carbocycles. The molecule has 8 heteroatoms. The van der Waals surface area contributed by atoms with E-state index in [0.717, 1.165) is 0 Å². The van der Waals surface area contributed by atoms with Gasteiger partial charge in [-0.15, -0.1) is 0 Å². The van der Waals surface area contributed by atoms with Crippen LogP contribution in [0.5, 0.6) is 0 Å². The van der Waals surface area contributed by atoms with Crippen molar-refractivity contribution in [3.8, 4) is 0 Å². The third kappa shape index (κ3) is 4.01. The molecule has 0 spiro atoms. The van der Waals surface area contributed by atoms with Gasteiger partial charge in [-0.2, -0.15) is 0 Å². The summed E-state index contributed by atoms with van der Waals surface area (Å²) in [7, 11) is -3.06. The molecule has 2 atom stereocenters. The Bertz CT molecular complexity index is 777. The van der Waals surface area contributed by atoms with Crippen LogP contribution in [0.4, 0.5) is 11.4 Å². The number of sulfone groups is 1. The molecule has 2 heterocycles. The molecule has 2 unspecified atom stereocenters. The first-order valence-corrected chi connectivity index (χ1v) is 10.1. The normalized spacial score (nSPS) is 26.3. The summed E-state index contributed by atoms with van der Waals surface area (Å²) in [5.74, 6) is -0.547. The molecule has 1 aromatic carbocycles.